The van der Waals surface area contributed by atoms with E-state index in [1.165, 1.54) is 12.1 Å². The van der Waals surface area contributed by atoms with Gasteiger partial charge in [0.15, 0.2) is 0 Å². The van der Waals surface area contributed by atoms with E-state index in [0.717, 1.165) is 22.9 Å². The molecule has 0 unspecified atom stereocenters. The number of nitrogens with one attached hydrogen (secondary N) is 2. The van der Waals surface area contributed by atoms with Gasteiger partial charge in [-0.25, -0.2) is 14.4 Å². The molecule has 0 radical (unpaired) electrons. The van der Waals surface area contributed by atoms with Gasteiger partial charge in [-0.2, -0.15) is 0 Å². The van der Waals surface area contributed by atoms with Crippen LogP contribution in [0.4, 0.5) is 21.7 Å². The van der Waals surface area contributed by atoms with E-state index in [1.54, 1.807) is 30.7 Å². The van der Waals surface area contributed by atoms with Gasteiger partial charge in [0.2, 0.25) is 5.95 Å². The first-order valence-electron chi connectivity index (χ1n) is 9.51. The molecule has 8 heteroatoms. The molecule has 0 fully saturated rings. The molecule has 4 aromatic rings. The Kier molecular flexibility index (Phi) is 5.79. The van der Waals surface area contributed by atoms with Crippen LogP contribution in [0.5, 0.6) is 0 Å². The first-order chi connectivity index (χ1) is 15.1. The lowest BCUT2D eigenvalue weighted by Crippen LogP contribution is -2.13. The van der Waals surface area contributed by atoms with Crippen LogP contribution >= 0.6 is 0 Å². The number of carbonyl (C=O) groups is 1. The summed E-state index contributed by atoms with van der Waals surface area (Å²) < 4.78 is 13.1. The van der Waals surface area contributed by atoms with Crippen molar-refractivity contribution in [2.75, 3.05) is 16.4 Å². The molecular weight excluding hydrogens is 395 g/mol. The van der Waals surface area contributed by atoms with E-state index < -0.39 is 5.82 Å². The number of benzene rings is 2. The molecule has 2 heterocycles. The molecule has 1 amide bonds. The molecule has 154 valence electrons. The summed E-state index contributed by atoms with van der Waals surface area (Å²) in [6, 6.07) is 16.5. The number of nitrogens with zero attached hydrogens (tertiary/aromatic N) is 3. The summed E-state index contributed by atoms with van der Waals surface area (Å²) in [7, 11) is 0. The number of hydrogen-bond donors (Lipinski definition) is 3. The molecular formula is C23H19FN6O. The van der Waals surface area contributed by atoms with E-state index in [0.29, 0.717) is 23.7 Å². The zero-order valence-electron chi connectivity index (χ0n) is 16.4. The standard InChI is InChI=1S/C23H19FN6O/c24-18-7-8-21(19(25)12-18)29-22(31)16-5-3-15(4-6-16)13-28-23-27-11-9-20(30-23)17-2-1-10-26-14-17/h1-12,14H,13,25H2,(H,29,31)(H,27,28,30). The van der Waals surface area contributed by atoms with Crippen LogP contribution in [0.3, 0.4) is 0 Å². The maximum atomic E-state index is 13.1. The lowest BCUT2D eigenvalue weighted by Gasteiger charge is -2.09. The molecule has 0 spiro atoms. The molecule has 31 heavy (non-hydrogen) atoms. The fourth-order valence-corrected chi connectivity index (χ4v) is 2.92. The van der Waals surface area contributed by atoms with Crippen molar-refractivity contribution in [3.8, 4) is 11.3 Å². The Morgan fingerprint density at radius 1 is 1.03 bits per heavy atom. The number of carbonyl (C=O) groups excluding carboxylic acids is 1. The number of aromatic nitrogens is 3. The van der Waals surface area contributed by atoms with Crippen molar-refractivity contribution in [3.63, 3.8) is 0 Å². The average molecular weight is 414 g/mol. The van der Waals surface area contributed by atoms with Crippen molar-refractivity contribution in [1.82, 2.24) is 15.0 Å². The van der Waals surface area contributed by atoms with Gasteiger partial charge in [0.25, 0.3) is 5.91 Å². The summed E-state index contributed by atoms with van der Waals surface area (Å²) in [6.45, 7) is 0.489. The second-order valence-electron chi connectivity index (χ2n) is 6.74. The molecule has 0 atom stereocenters. The van der Waals surface area contributed by atoms with Crippen LogP contribution in [0.1, 0.15) is 15.9 Å². The molecule has 4 N–H and O–H groups in total. The summed E-state index contributed by atoms with van der Waals surface area (Å²) in [4.78, 5) is 25.3. The number of anilines is 3. The molecule has 2 aromatic heterocycles. The highest BCUT2D eigenvalue weighted by Crippen LogP contribution is 2.20. The van der Waals surface area contributed by atoms with Gasteiger partial charge in [-0.1, -0.05) is 12.1 Å². The lowest BCUT2D eigenvalue weighted by atomic mass is 10.1. The van der Waals surface area contributed by atoms with Crippen LogP contribution in [0.25, 0.3) is 11.3 Å². The zero-order valence-corrected chi connectivity index (χ0v) is 16.4. The van der Waals surface area contributed by atoms with E-state index in [4.69, 9.17) is 5.73 Å². The normalized spacial score (nSPS) is 10.5. The van der Waals surface area contributed by atoms with Crippen molar-refractivity contribution >= 4 is 23.2 Å². The summed E-state index contributed by atoms with van der Waals surface area (Å²) in [5.74, 6) is -0.289. The predicted molar refractivity (Wildman–Crippen MR) is 118 cm³/mol. The molecule has 7 nitrogen and oxygen atoms in total. The van der Waals surface area contributed by atoms with E-state index >= 15 is 0 Å². The van der Waals surface area contributed by atoms with Crippen LogP contribution in [0.15, 0.2) is 79.3 Å². The number of amides is 1. The van der Waals surface area contributed by atoms with Crippen molar-refractivity contribution in [3.05, 3.63) is 96.2 Å². The van der Waals surface area contributed by atoms with Gasteiger partial charge in [0, 0.05) is 36.3 Å². The summed E-state index contributed by atoms with van der Waals surface area (Å²) >= 11 is 0. The Balaban J connectivity index is 1.38. The van der Waals surface area contributed by atoms with E-state index in [9.17, 15) is 9.18 Å². The maximum absolute atomic E-state index is 13.1. The van der Waals surface area contributed by atoms with Gasteiger partial charge in [-0.05, 0) is 54.1 Å². The lowest BCUT2D eigenvalue weighted by molar-refractivity contribution is 0.102. The second kappa shape index (κ2) is 9.00. The third-order valence-electron chi connectivity index (χ3n) is 4.54. The minimum atomic E-state index is -0.456. The van der Waals surface area contributed by atoms with Crippen LogP contribution in [-0.4, -0.2) is 20.9 Å². The number of nitrogens with two attached hydrogens (primary N) is 1. The molecule has 0 saturated carbocycles. The topological polar surface area (TPSA) is 106 Å². The van der Waals surface area contributed by atoms with Crippen LogP contribution in [0.2, 0.25) is 0 Å². The van der Waals surface area contributed by atoms with Crippen LogP contribution in [0, 0.1) is 5.82 Å². The van der Waals surface area contributed by atoms with Crippen LogP contribution < -0.4 is 16.4 Å². The molecule has 0 aliphatic rings. The third-order valence-corrected chi connectivity index (χ3v) is 4.54. The maximum Gasteiger partial charge on any atom is 0.255 e. The predicted octanol–water partition coefficient (Wildman–Crippen LogP) is 4.12. The van der Waals surface area contributed by atoms with E-state index in [1.807, 2.05) is 30.3 Å². The zero-order chi connectivity index (χ0) is 21.6. The highest BCUT2D eigenvalue weighted by atomic mass is 19.1. The van der Waals surface area contributed by atoms with Gasteiger partial charge >= 0.3 is 0 Å². The van der Waals surface area contributed by atoms with Crippen LogP contribution in [-0.2, 0) is 6.54 Å². The quantitative estimate of drug-likeness (QED) is 0.410. The summed E-state index contributed by atoms with van der Waals surface area (Å²) in [5, 5.41) is 5.86. The highest BCUT2D eigenvalue weighted by molar-refractivity contribution is 6.05. The first kappa shape index (κ1) is 20.0. The molecule has 0 saturated heterocycles. The Morgan fingerprint density at radius 2 is 1.87 bits per heavy atom. The van der Waals surface area contributed by atoms with Crippen molar-refractivity contribution in [2.45, 2.75) is 6.54 Å². The van der Waals surface area contributed by atoms with Gasteiger partial charge in [0.05, 0.1) is 17.1 Å². The monoisotopic (exact) mass is 414 g/mol. The van der Waals surface area contributed by atoms with E-state index in [-0.39, 0.29) is 11.6 Å². The fraction of sp³-hybridized carbons (Fsp3) is 0.0435. The smallest absolute Gasteiger partial charge is 0.255 e. The highest BCUT2D eigenvalue weighted by Gasteiger charge is 2.09. The number of pyridine rings is 1. The number of rotatable bonds is 6. The van der Waals surface area contributed by atoms with Crippen molar-refractivity contribution in [1.29, 1.82) is 0 Å². The van der Waals surface area contributed by atoms with Gasteiger partial charge in [-0.3, -0.25) is 9.78 Å². The fourth-order valence-electron chi connectivity index (χ4n) is 2.92. The number of halogens is 1. The van der Waals surface area contributed by atoms with Gasteiger partial charge < -0.3 is 16.4 Å². The van der Waals surface area contributed by atoms with Crippen molar-refractivity contribution in [2.24, 2.45) is 0 Å². The minimum absolute atomic E-state index is 0.169. The summed E-state index contributed by atoms with van der Waals surface area (Å²) in [5.41, 5.74) is 9.36. The van der Waals surface area contributed by atoms with Gasteiger partial charge in [-0.15, -0.1) is 0 Å². The SMILES string of the molecule is Nc1cc(F)ccc1NC(=O)c1ccc(CNc2nccc(-c3cccnc3)n2)cc1. The Labute approximate surface area is 178 Å². The molecule has 0 aliphatic heterocycles. The molecule has 0 bridgehead atoms. The molecule has 0 aliphatic carbocycles. The second-order valence-corrected chi connectivity index (χ2v) is 6.74. The van der Waals surface area contributed by atoms with Gasteiger partial charge in [0.1, 0.15) is 5.82 Å². The Morgan fingerprint density at radius 3 is 2.61 bits per heavy atom. The first-order valence-corrected chi connectivity index (χ1v) is 9.51. The third kappa shape index (κ3) is 4.99. The largest absolute Gasteiger partial charge is 0.397 e. The molecule has 4 rings (SSSR count). The summed E-state index contributed by atoms with van der Waals surface area (Å²) in [6.07, 6.45) is 5.14. The van der Waals surface area contributed by atoms with E-state index in [2.05, 4.69) is 25.6 Å². The van der Waals surface area contributed by atoms with Crippen molar-refractivity contribution < 1.29 is 9.18 Å². The number of hydrogen-bond acceptors (Lipinski definition) is 6. The Bertz CT molecular complexity index is 1200. The minimum Gasteiger partial charge on any atom is -0.397 e. The Hall–Kier alpha value is -4.33. The number of nitrogen functional groups attached to an aromatic ring is 1. The molecule has 2 aromatic carbocycles. The average Bonchev–Trinajstić information content (AvgIpc) is 2.80.